The normalized spacial score (nSPS) is 18.8. The van der Waals surface area contributed by atoms with Crippen molar-refractivity contribution in [2.45, 2.75) is 167 Å². The Morgan fingerprint density at radius 1 is 0.318 bits per heavy atom. The van der Waals surface area contributed by atoms with Gasteiger partial charge in [0.25, 0.3) is 0 Å². The zero-order valence-electron chi connectivity index (χ0n) is 73.8. The Balaban J connectivity index is 0.000000114. The highest BCUT2D eigenvalue weighted by Gasteiger charge is 2.43. The molecule has 0 bridgehead atoms. The van der Waals surface area contributed by atoms with Crippen LogP contribution in [0.4, 0.5) is 68.8 Å². The summed E-state index contributed by atoms with van der Waals surface area (Å²) in [5.74, 6) is 2.71. The Bertz CT molecular complexity index is 6280. The lowest BCUT2D eigenvalue weighted by Crippen LogP contribution is -2.42. The van der Waals surface area contributed by atoms with Crippen LogP contribution in [0.3, 0.4) is 0 Å². The van der Waals surface area contributed by atoms with Crippen LogP contribution in [0.25, 0.3) is 88.3 Å². The number of rotatable bonds is 7. The molecular formula is C90H92N16O4. The van der Waals surface area contributed by atoms with Crippen molar-refractivity contribution >= 4 is 157 Å². The van der Waals surface area contributed by atoms with Crippen molar-refractivity contribution in [3.05, 3.63) is 215 Å². The third-order valence-corrected chi connectivity index (χ3v) is 21.6. The minimum atomic E-state index is -2.52. The maximum absolute atomic E-state index is 8.79. The highest BCUT2D eigenvalue weighted by molar-refractivity contribution is 6.14. The van der Waals surface area contributed by atoms with Gasteiger partial charge in [-0.15, -0.1) is 0 Å². The summed E-state index contributed by atoms with van der Waals surface area (Å²) in [6, 6.07) is 44.5. The smallest absolute Gasteiger partial charge is 0.227 e. The third-order valence-electron chi connectivity index (χ3n) is 21.6. The van der Waals surface area contributed by atoms with Gasteiger partial charge in [0.05, 0.1) is 49.6 Å². The van der Waals surface area contributed by atoms with Gasteiger partial charge in [0.15, 0.2) is 45.6 Å². The summed E-state index contributed by atoms with van der Waals surface area (Å²) in [7, 11) is 0. The van der Waals surface area contributed by atoms with Gasteiger partial charge >= 0.3 is 0 Å². The zero-order valence-corrected chi connectivity index (χ0v) is 64.8. The van der Waals surface area contributed by atoms with E-state index in [1.165, 1.54) is 11.8 Å². The van der Waals surface area contributed by atoms with Crippen LogP contribution in [0.15, 0.2) is 188 Å². The van der Waals surface area contributed by atoms with Crippen molar-refractivity contribution in [2.24, 2.45) is 0 Å². The predicted octanol–water partition coefficient (Wildman–Crippen LogP) is 22.0. The Kier molecular flexibility index (Phi) is 15.0. The summed E-state index contributed by atoms with van der Waals surface area (Å²) in [5, 5.41) is 7.87. The second kappa shape index (κ2) is 27.1. The minimum absolute atomic E-state index is 0.0837. The first kappa shape index (κ1) is 60.7. The van der Waals surface area contributed by atoms with Crippen LogP contribution in [-0.4, -0.2) is 89.6 Å². The van der Waals surface area contributed by atoms with E-state index in [2.05, 4.69) is 120 Å². The molecule has 20 nitrogen and oxygen atoms in total. The van der Waals surface area contributed by atoms with Gasteiger partial charge in [-0.25, -0.2) is 39.9 Å². The molecule has 0 spiro atoms. The summed E-state index contributed by atoms with van der Waals surface area (Å²) in [4.78, 5) is 52.1. The van der Waals surface area contributed by atoms with Gasteiger partial charge < -0.3 is 56.9 Å². The van der Waals surface area contributed by atoms with Gasteiger partial charge in [0.2, 0.25) is 22.9 Å². The van der Waals surface area contributed by atoms with Crippen molar-refractivity contribution in [1.29, 1.82) is 0 Å². The van der Waals surface area contributed by atoms with E-state index < -0.39 is 44.2 Å². The maximum Gasteiger partial charge on any atom is 0.227 e. The van der Waals surface area contributed by atoms with Crippen molar-refractivity contribution in [1.82, 2.24) is 39.9 Å². The van der Waals surface area contributed by atoms with Crippen LogP contribution in [0, 0.1) is 55.4 Å². The number of hydrogen-bond acceptors (Lipinski definition) is 20. The molecule has 0 N–H and O–H groups in total. The number of benzene rings is 4. The molecule has 0 amide bonds. The van der Waals surface area contributed by atoms with Gasteiger partial charge in [-0.2, -0.15) is 0 Å². The van der Waals surface area contributed by atoms with E-state index in [1.807, 2.05) is 195 Å². The van der Waals surface area contributed by atoms with Crippen molar-refractivity contribution in [3.63, 3.8) is 0 Å². The van der Waals surface area contributed by atoms with E-state index in [0.717, 1.165) is 151 Å². The molecule has 20 rings (SSSR count). The summed E-state index contributed by atoms with van der Waals surface area (Å²) < 4.78 is 99.4. The fourth-order valence-electron chi connectivity index (χ4n) is 16.7. The first-order chi connectivity index (χ1) is 56.3. The molecule has 5 atom stereocenters. The van der Waals surface area contributed by atoms with E-state index in [-0.39, 0.29) is 12.3 Å². The molecule has 4 aromatic carbocycles. The molecule has 5 unspecified atom stereocenters. The van der Waals surface area contributed by atoms with Crippen LogP contribution in [0.5, 0.6) is 0 Å². The molecule has 110 heavy (non-hydrogen) atoms. The third kappa shape index (κ3) is 11.3. The number of anilines is 12. The fourth-order valence-corrected chi connectivity index (χ4v) is 16.7. The second-order valence-electron chi connectivity index (χ2n) is 29.4. The van der Waals surface area contributed by atoms with Gasteiger partial charge in [-0.05, 0) is 244 Å². The van der Waals surface area contributed by atoms with E-state index in [9.17, 15) is 0 Å². The standard InChI is InChI=1S/3C23H24N4O.C21H20N4O/c1-13(2)26-16(5)27(19-7-6-12-24-22(19)26)20-14(3)8-10-17-18-11-9-15(4)25-23(18)28-21(17)20;2*1-13(2)26-16(5)27(22-19(26)7-6-12-24-22)20-14(3)8-10-17-18-11-9-15(4)25-23(18)28-21(17)20;1-12-7-9-15-16-10-8-13(2)23-21(16)26-19(15)18(12)25-14(3)24(4)20-17(25)6-5-11-22-20/h3*6-13,16H,1-5H3;5-11,14H,1-4H3/i13D;1D3,13D;13D;4D3. The van der Waals surface area contributed by atoms with Crippen LogP contribution in [0.2, 0.25) is 0 Å². The molecule has 4 aliphatic rings. The SMILES string of the molecule is [2H]C(C)(C)N1c2cccnc2N(c2c(C)ccc3c2oc2nc(C)ccc23)C1C.[2H]C(C)(C)N1c2ncccc2N(c2c(C)ccc3c2oc2nc(C)ccc23)C1C.[2H]C([2H])([2H])C([2H])(C)N1c2cccnc2N(c2c(C)ccc3c2oc2nc(C)ccc23)C1C.[2H]C([2H])([2H])N1c2ncccc2N(c2c(C)ccc3c2oc2nc(C)ccc23)C1C. The number of furan rings is 4. The van der Waals surface area contributed by atoms with Crippen molar-refractivity contribution < 1.29 is 30.0 Å². The summed E-state index contributed by atoms with van der Waals surface area (Å²) in [5.41, 5.74) is 20.1. The topological polar surface area (TPSA) is 182 Å². The Morgan fingerprint density at radius 3 is 0.955 bits per heavy atom. The molecule has 0 saturated carbocycles. The quantitative estimate of drug-likeness (QED) is 0.147. The Morgan fingerprint density at radius 2 is 0.609 bits per heavy atom. The average molecular weight is 1470 g/mol. The minimum Gasteiger partial charge on any atom is -0.435 e. The monoisotopic (exact) mass is 1470 g/mol. The zero-order chi connectivity index (χ0) is 84.5. The first-order valence-electron chi connectivity index (χ1n) is 41.7. The van der Waals surface area contributed by atoms with Gasteiger partial charge in [-0.3, -0.25) is 0 Å². The van der Waals surface area contributed by atoms with E-state index in [4.69, 9.17) is 35.0 Å². The summed E-state index contributed by atoms with van der Waals surface area (Å²) in [6.45, 7) is 28.1. The first-order valence-corrected chi connectivity index (χ1v) is 37.2. The molecule has 0 saturated heterocycles. The lowest BCUT2D eigenvalue weighted by Gasteiger charge is -2.33. The van der Waals surface area contributed by atoms with Crippen LogP contribution >= 0.6 is 0 Å². The summed E-state index contributed by atoms with van der Waals surface area (Å²) >= 11 is 0. The van der Waals surface area contributed by atoms with Gasteiger partial charge in [0.1, 0.15) is 24.7 Å². The number of nitrogens with zero attached hydrogens (tertiary/aromatic N) is 16. The number of aromatic nitrogens is 8. The molecule has 12 aromatic heterocycles. The Labute approximate surface area is 652 Å². The number of fused-ring (bicyclic) bond motifs is 16. The molecule has 4 aliphatic heterocycles. The van der Waals surface area contributed by atoms with Crippen LogP contribution in [-0.2, 0) is 0 Å². The fraction of sp³-hybridized carbons (Fsp3) is 0.289. The average Bonchev–Trinajstić information content (AvgIpc) is 1.57. The molecule has 16 aromatic rings. The molecule has 0 radical (unpaired) electrons. The maximum atomic E-state index is 8.79. The summed E-state index contributed by atoms with van der Waals surface area (Å²) in [6.07, 6.45) is 5.79. The van der Waals surface area contributed by atoms with Gasteiger partial charge in [0, 0.05) is 124 Å². The van der Waals surface area contributed by atoms with E-state index in [1.54, 1.807) is 35.8 Å². The molecule has 20 heteroatoms. The lowest BCUT2D eigenvalue weighted by molar-refractivity contribution is 0.597. The largest absolute Gasteiger partial charge is 0.435 e. The number of hydrogen-bond donors (Lipinski definition) is 0. The van der Waals surface area contributed by atoms with Crippen molar-refractivity contribution in [3.8, 4) is 0 Å². The molecule has 0 aliphatic carbocycles. The van der Waals surface area contributed by atoms with Crippen LogP contribution < -0.4 is 39.2 Å². The second-order valence-corrected chi connectivity index (χ2v) is 29.4. The number of aryl methyl sites for hydroxylation is 8. The lowest BCUT2D eigenvalue weighted by atomic mass is 10.1. The highest BCUT2D eigenvalue weighted by atomic mass is 16.4. The highest BCUT2D eigenvalue weighted by Crippen LogP contribution is 2.53. The number of pyridine rings is 8. The molecule has 0 fully saturated rings. The predicted molar refractivity (Wildman–Crippen MR) is 449 cm³/mol. The van der Waals surface area contributed by atoms with Crippen molar-refractivity contribution in [2.75, 3.05) is 46.2 Å². The van der Waals surface area contributed by atoms with Crippen LogP contribution in [0.1, 0.15) is 127 Å². The molecule has 556 valence electrons. The van der Waals surface area contributed by atoms with E-state index in [0.29, 0.717) is 51.3 Å². The van der Waals surface area contributed by atoms with Gasteiger partial charge in [-0.1, -0.05) is 48.5 Å². The van der Waals surface area contributed by atoms with E-state index >= 15 is 0 Å². The Hall–Kier alpha value is -12.3. The molecular weight excluding hydrogens is 1370 g/mol. The molecule has 16 heterocycles.